The first-order chi connectivity index (χ1) is 13.5. The van der Waals surface area contributed by atoms with Crippen molar-refractivity contribution < 1.29 is 18.7 Å². The van der Waals surface area contributed by atoms with Gasteiger partial charge in [-0.05, 0) is 44.2 Å². The number of amides is 2. The minimum Gasteiger partial charge on any atom is -0.479 e. The van der Waals surface area contributed by atoms with Gasteiger partial charge in [0.15, 0.2) is 6.10 Å². The Hall–Kier alpha value is -3.99. The van der Waals surface area contributed by atoms with E-state index in [9.17, 15) is 14.9 Å². The molecule has 1 aliphatic rings. The van der Waals surface area contributed by atoms with Gasteiger partial charge in [0.05, 0.1) is 5.69 Å². The van der Waals surface area contributed by atoms with Gasteiger partial charge in [0, 0.05) is 18.1 Å². The van der Waals surface area contributed by atoms with Gasteiger partial charge in [-0.2, -0.15) is 5.26 Å². The van der Waals surface area contributed by atoms with Crippen molar-refractivity contribution in [2.24, 2.45) is 0 Å². The number of carbonyl (C=O) groups is 2. The summed E-state index contributed by atoms with van der Waals surface area (Å²) in [5.74, 6) is 0.408. The summed E-state index contributed by atoms with van der Waals surface area (Å²) < 4.78 is 12.8. The number of hydrogen-bond acceptors (Lipinski definition) is 5. The highest BCUT2D eigenvalue weighted by atomic mass is 16.5. The summed E-state index contributed by atoms with van der Waals surface area (Å²) in [6, 6.07) is 10.6. The predicted octanol–water partition coefficient (Wildman–Crippen LogP) is 3.22. The number of ether oxygens (including phenoxy) is 1. The number of nitriles is 1. The van der Waals surface area contributed by atoms with Crippen molar-refractivity contribution in [3.8, 4) is 17.7 Å². The molecule has 1 aliphatic heterocycles. The van der Waals surface area contributed by atoms with Crippen molar-refractivity contribution in [3.63, 3.8) is 0 Å². The maximum absolute atomic E-state index is 12.8. The molecule has 8 nitrogen and oxygen atoms in total. The number of hydrogen-bond donors (Lipinski definition) is 2. The zero-order valence-corrected chi connectivity index (χ0v) is 15.1. The van der Waals surface area contributed by atoms with E-state index in [1.807, 2.05) is 6.07 Å². The van der Waals surface area contributed by atoms with Crippen molar-refractivity contribution >= 4 is 23.2 Å². The van der Waals surface area contributed by atoms with Crippen LogP contribution in [0.5, 0.6) is 5.75 Å². The highest BCUT2D eigenvalue weighted by Gasteiger charge is 2.26. The van der Waals surface area contributed by atoms with Gasteiger partial charge in [-0.1, -0.05) is 0 Å². The van der Waals surface area contributed by atoms with Gasteiger partial charge in [-0.25, -0.2) is 0 Å². The Morgan fingerprint density at radius 1 is 1.32 bits per heavy atom. The van der Waals surface area contributed by atoms with Gasteiger partial charge in [0.25, 0.3) is 11.8 Å². The molecule has 0 spiro atoms. The maximum Gasteiger partial charge on any atom is 0.265 e. The second-order valence-electron chi connectivity index (χ2n) is 6.33. The van der Waals surface area contributed by atoms with Gasteiger partial charge in [-0.15, -0.1) is 0 Å². The molecular formula is C20H16N4O4. The lowest BCUT2D eigenvalue weighted by molar-refractivity contribution is -0.122. The fourth-order valence-electron chi connectivity index (χ4n) is 3.04. The van der Waals surface area contributed by atoms with Crippen LogP contribution in [0.3, 0.4) is 0 Å². The molecule has 1 atom stereocenters. The number of aryl methyl sites for hydroxylation is 1. The second-order valence-corrected chi connectivity index (χ2v) is 6.33. The van der Waals surface area contributed by atoms with E-state index < -0.39 is 12.0 Å². The van der Waals surface area contributed by atoms with Crippen molar-refractivity contribution in [1.82, 2.24) is 4.57 Å². The number of fused-ring (bicyclic) bond motifs is 1. The van der Waals surface area contributed by atoms with Gasteiger partial charge in [0.1, 0.15) is 28.7 Å². The largest absolute Gasteiger partial charge is 0.479 e. The zero-order valence-electron chi connectivity index (χ0n) is 15.1. The van der Waals surface area contributed by atoms with E-state index in [2.05, 4.69) is 10.6 Å². The molecule has 3 heterocycles. The molecule has 2 amide bonds. The Morgan fingerprint density at radius 3 is 2.79 bits per heavy atom. The van der Waals surface area contributed by atoms with Crippen LogP contribution < -0.4 is 15.4 Å². The van der Waals surface area contributed by atoms with Crippen LogP contribution in [0.2, 0.25) is 0 Å². The average Bonchev–Trinajstić information content (AvgIpc) is 3.30. The molecule has 0 aliphatic carbocycles. The first-order valence-electron chi connectivity index (χ1n) is 8.57. The molecule has 28 heavy (non-hydrogen) atoms. The summed E-state index contributed by atoms with van der Waals surface area (Å²) in [4.78, 5) is 24.6. The summed E-state index contributed by atoms with van der Waals surface area (Å²) in [6.07, 6.45) is 2.88. The monoisotopic (exact) mass is 376 g/mol. The summed E-state index contributed by atoms with van der Waals surface area (Å²) in [7, 11) is 0. The Bertz CT molecular complexity index is 1120. The molecule has 4 rings (SSSR count). The minimum atomic E-state index is -0.577. The number of anilines is 2. The molecule has 2 N–H and O–H groups in total. The predicted molar refractivity (Wildman–Crippen MR) is 101 cm³/mol. The lowest BCUT2D eigenvalue weighted by Crippen LogP contribution is -2.34. The molecule has 0 unspecified atom stereocenters. The maximum atomic E-state index is 12.8. The van der Waals surface area contributed by atoms with E-state index in [-0.39, 0.29) is 22.9 Å². The second kappa shape index (κ2) is 6.63. The molecule has 0 saturated carbocycles. The van der Waals surface area contributed by atoms with Crippen LogP contribution in [0.4, 0.5) is 11.4 Å². The zero-order chi connectivity index (χ0) is 19.8. The van der Waals surface area contributed by atoms with Gasteiger partial charge in [-0.3, -0.25) is 14.2 Å². The fourth-order valence-corrected chi connectivity index (χ4v) is 3.04. The van der Waals surface area contributed by atoms with E-state index in [1.165, 1.54) is 0 Å². The Labute approximate surface area is 160 Å². The van der Waals surface area contributed by atoms with E-state index in [0.717, 1.165) is 0 Å². The molecule has 0 radical (unpaired) electrons. The molecule has 0 bridgehead atoms. The van der Waals surface area contributed by atoms with Crippen LogP contribution in [0, 0.1) is 18.3 Å². The average molecular weight is 376 g/mol. The quantitative estimate of drug-likeness (QED) is 0.729. The molecule has 3 aromatic rings. The van der Waals surface area contributed by atoms with Crippen LogP contribution in [0.15, 0.2) is 47.1 Å². The van der Waals surface area contributed by atoms with Crippen LogP contribution in [0.25, 0.3) is 5.88 Å². The van der Waals surface area contributed by atoms with Gasteiger partial charge >= 0.3 is 0 Å². The first kappa shape index (κ1) is 17.4. The number of carbonyl (C=O) groups excluding carboxylic acids is 2. The number of furan rings is 1. The number of nitrogens with one attached hydrogen (secondary N) is 2. The minimum absolute atomic E-state index is 0.148. The van der Waals surface area contributed by atoms with Crippen LogP contribution in [0.1, 0.15) is 28.6 Å². The van der Waals surface area contributed by atoms with E-state index in [4.69, 9.17) is 9.15 Å². The van der Waals surface area contributed by atoms with Crippen molar-refractivity contribution in [1.29, 1.82) is 5.26 Å². The first-order valence-corrected chi connectivity index (χ1v) is 8.57. The normalized spacial score (nSPS) is 15.2. The van der Waals surface area contributed by atoms with E-state index in [0.29, 0.717) is 22.9 Å². The summed E-state index contributed by atoms with van der Waals surface area (Å²) in [6.45, 7) is 3.28. The SMILES string of the molecule is Cc1oc(-n2cccc2)c(C#N)c1C(=O)Nc1ccc2c(c1)NC(=O)[C@@H](C)O2. The van der Waals surface area contributed by atoms with Crippen molar-refractivity contribution in [2.75, 3.05) is 10.6 Å². The number of benzene rings is 1. The van der Waals surface area contributed by atoms with E-state index in [1.54, 1.807) is 61.1 Å². The fraction of sp³-hybridized carbons (Fsp3) is 0.150. The van der Waals surface area contributed by atoms with Crippen LogP contribution in [-0.2, 0) is 4.79 Å². The topological polar surface area (TPSA) is 109 Å². The molecular weight excluding hydrogens is 360 g/mol. The van der Waals surface area contributed by atoms with Crippen LogP contribution in [-0.4, -0.2) is 22.5 Å². The third-order valence-corrected chi connectivity index (χ3v) is 4.41. The summed E-state index contributed by atoms with van der Waals surface area (Å²) in [5, 5.41) is 15.0. The van der Waals surface area contributed by atoms with E-state index >= 15 is 0 Å². The Kier molecular flexibility index (Phi) is 4.12. The standard InChI is InChI=1S/C20H16N4O4/c1-11-17(14(10-21)20(28-11)24-7-3-4-8-24)19(26)22-13-5-6-16-15(9-13)23-18(25)12(2)27-16/h3-9,12H,1-2H3,(H,22,26)(H,23,25)/t12-/m1/s1. The third-order valence-electron chi connectivity index (χ3n) is 4.41. The molecule has 1 aromatic carbocycles. The molecule has 8 heteroatoms. The smallest absolute Gasteiger partial charge is 0.265 e. The number of rotatable bonds is 3. The Morgan fingerprint density at radius 2 is 2.07 bits per heavy atom. The molecule has 140 valence electrons. The van der Waals surface area contributed by atoms with Crippen molar-refractivity contribution in [3.05, 3.63) is 59.6 Å². The summed E-state index contributed by atoms with van der Waals surface area (Å²) in [5.41, 5.74) is 1.24. The van der Waals surface area contributed by atoms with Gasteiger partial charge in [0.2, 0.25) is 5.88 Å². The molecule has 2 aromatic heterocycles. The Balaban J connectivity index is 1.64. The highest BCUT2D eigenvalue weighted by molar-refractivity contribution is 6.08. The number of nitrogens with zero attached hydrogens (tertiary/aromatic N) is 2. The number of aromatic nitrogens is 1. The highest BCUT2D eigenvalue weighted by Crippen LogP contribution is 2.33. The molecule has 0 fully saturated rings. The molecule has 0 saturated heterocycles. The third kappa shape index (κ3) is 2.89. The van der Waals surface area contributed by atoms with Gasteiger partial charge < -0.3 is 19.8 Å². The van der Waals surface area contributed by atoms with Crippen molar-refractivity contribution in [2.45, 2.75) is 20.0 Å². The lowest BCUT2D eigenvalue weighted by atomic mass is 10.1. The van der Waals surface area contributed by atoms with Crippen LogP contribution >= 0.6 is 0 Å². The summed E-state index contributed by atoms with van der Waals surface area (Å²) >= 11 is 0. The lowest BCUT2D eigenvalue weighted by Gasteiger charge is -2.23.